The first-order valence-corrected chi connectivity index (χ1v) is 12.8. The molecule has 1 saturated heterocycles. The zero-order chi connectivity index (χ0) is 25.2. The van der Waals surface area contributed by atoms with Crippen LogP contribution in [-0.2, 0) is 10.0 Å². The summed E-state index contributed by atoms with van der Waals surface area (Å²) in [4.78, 5) is 19.0. The maximum Gasteiger partial charge on any atom is 0.257 e. The molecule has 2 heterocycles. The number of hydrogen-bond acceptors (Lipinski definition) is 6. The van der Waals surface area contributed by atoms with Crippen molar-refractivity contribution in [1.29, 1.82) is 0 Å². The average molecular weight is 519 g/mol. The Morgan fingerprint density at radius 1 is 1.14 bits per heavy atom. The van der Waals surface area contributed by atoms with Crippen molar-refractivity contribution in [3.63, 3.8) is 0 Å². The van der Waals surface area contributed by atoms with Crippen LogP contribution in [0.2, 0.25) is 5.02 Å². The van der Waals surface area contributed by atoms with Gasteiger partial charge >= 0.3 is 0 Å². The lowest BCUT2D eigenvalue weighted by molar-refractivity contribution is 0.0713. The molecule has 8 nitrogen and oxygen atoms in total. The summed E-state index contributed by atoms with van der Waals surface area (Å²) in [6.07, 6.45) is 2.63. The van der Waals surface area contributed by atoms with E-state index in [2.05, 4.69) is 10.3 Å². The largest absolute Gasteiger partial charge is 0.495 e. The molecule has 11 heteroatoms. The van der Waals surface area contributed by atoms with Crippen molar-refractivity contribution in [2.75, 3.05) is 25.5 Å². The summed E-state index contributed by atoms with van der Waals surface area (Å²) in [7, 11) is -2.63. The number of pyridine rings is 1. The molecule has 1 aromatic heterocycles. The molecule has 1 amide bonds. The number of ether oxygens (including phenoxy) is 1. The number of anilines is 2. The minimum Gasteiger partial charge on any atom is -0.495 e. The van der Waals surface area contributed by atoms with Gasteiger partial charge in [0.2, 0.25) is 0 Å². The number of nitrogens with zero attached hydrogens (tertiary/aromatic N) is 2. The molecule has 0 atom stereocenters. The summed E-state index contributed by atoms with van der Waals surface area (Å²) in [5.41, 5.74) is 1.86. The molecule has 2 aromatic carbocycles. The highest BCUT2D eigenvalue weighted by Gasteiger charge is 2.27. The van der Waals surface area contributed by atoms with Crippen LogP contribution in [0.5, 0.6) is 5.75 Å². The number of nitrogens with one attached hydrogen (secondary N) is 1. The predicted molar refractivity (Wildman–Crippen MR) is 131 cm³/mol. The Kier molecular flexibility index (Phi) is 7.25. The number of aromatic nitrogens is 1. The van der Waals surface area contributed by atoms with E-state index in [-0.39, 0.29) is 33.9 Å². The van der Waals surface area contributed by atoms with Gasteiger partial charge in [0.25, 0.3) is 15.9 Å². The molecule has 0 radical (unpaired) electrons. The third-order valence-corrected chi connectivity index (χ3v) is 7.00. The van der Waals surface area contributed by atoms with Gasteiger partial charge in [0.15, 0.2) is 5.03 Å². The minimum absolute atomic E-state index is 0.180. The molecular formula is C24H24ClFN4O4S. The summed E-state index contributed by atoms with van der Waals surface area (Å²) >= 11 is 6.12. The van der Waals surface area contributed by atoms with E-state index in [1.807, 2.05) is 0 Å². The normalized spacial score (nSPS) is 14.6. The van der Waals surface area contributed by atoms with E-state index in [0.717, 1.165) is 5.56 Å². The predicted octanol–water partition coefficient (Wildman–Crippen LogP) is 4.29. The van der Waals surface area contributed by atoms with Gasteiger partial charge in [0.1, 0.15) is 11.6 Å². The maximum atomic E-state index is 13.4. The third-order valence-electron chi connectivity index (χ3n) is 5.96. The first-order valence-electron chi connectivity index (χ1n) is 10.8. The number of benzene rings is 2. The number of sulfonamides is 1. The standard InChI is InChI=1S/C24H24ClFN4O4S/c1-34-22-7-4-17(25)12-21(22)29-20-13-23(35(27,32)33)28-14-19(20)24(31)30-10-8-16(9-11-30)15-2-5-18(26)6-3-15/h2-7,12-14,16H,8-11H2,1H3,(H,28,29)(H2,27,32,33). The molecule has 35 heavy (non-hydrogen) atoms. The lowest BCUT2D eigenvalue weighted by Crippen LogP contribution is -2.38. The summed E-state index contributed by atoms with van der Waals surface area (Å²) < 4.78 is 42.4. The quantitative estimate of drug-likeness (QED) is 0.503. The van der Waals surface area contributed by atoms with Crippen molar-refractivity contribution in [2.45, 2.75) is 23.8 Å². The fraction of sp³-hybridized carbons (Fsp3) is 0.250. The number of carbonyl (C=O) groups excluding carboxylic acids is 1. The summed E-state index contributed by atoms with van der Waals surface area (Å²) in [5.74, 6) is 0.0745. The van der Waals surface area contributed by atoms with Crippen LogP contribution in [0, 0.1) is 5.82 Å². The Morgan fingerprint density at radius 2 is 1.83 bits per heavy atom. The Labute approximate surface area is 207 Å². The van der Waals surface area contributed by atoms with Gasteiger partial charge in [0, 0.05) is 30.4 Å². The average Bonchev–Trinajstić information content (AvgIpc) is 2.84. The van der Waals surface area contributed by atoms with E-state index in [1.165, 1.54) is 31.5 Å². The number of piperidine rings is 1. The van der Waals surface area contributed by atoms with E-state index in [1.54, 1.807) is 35.2 Å². The van der Waals surface area contributed by atoms with E-state index in [9.17, 15) is 17.6 Å². The van der Waals surface area contributed by atoms with Gasteiger partial charge in [-0.3, -0.25) is 4.79 Å². The Morgan fingerprint density at radius 3 is 2.46 bits per heavy atom. The molecule has 0 saturated carbocycles. The van der Waals surface area contributed by atoms with Crippen LogP contribution >= 0.6 is 11.6 Å². The van der Waals surface area contributed by atoms with E-state index < -0.39 is 10.0 Å². The number of halogens is 2. The van der Waals surface area contributed by atoms with Crippen molar-refractivity contribution in [3.05, 3.63) is 76.7 Å². The molecule has 1 aliphatic rings. The fourth-order valence-corrected chi connectivity index (χ4v) is 4.76. The maximum absolute atomic E-state index is 13.4. The summed E-state index contributed by atoms with van der Waals surface area (Å²) in [5, 5.41) is 8.36. The summed E-state index contributed by atoms with van der Waals surface area (Å²) in [6, 6.07) is 12.5. The van der Waals surface area contributed by atoms with Gasteiger partial charge in [-0.15, -0.1) is 0 Å². The highest BCUT2D eigenvalue weighted by Crippen LogP contribution is 2.34. The number of methoxy groups -OCH3 is 1. The molecule has 184 valence electrons. The number of carbonyl (C=O) groups is 1. The molecule has 1 fully saturated rings. The second-order valence-electron chi connectivity index (χ2n) is 8.20. The van der Waals surface area contributed by atoms with Crippen molar-refractivity contribution < 1.29 is 22.3 Å². The van der Waals surface area contributed by atoms with Crippen LogP contribution in [0.25, 0.3) is 0 Å². The second-order valence-corrected chi connectivity index (χ2v) is 10.1. The highest BCUT2D eigenvalue weighted by atomic mass is 35.5. The zero-order valence-electron chi connectivity index (χ0n) is 18.9. The van der Waals surface area contributed by atoms with E-state index >= 15 is 0 Å². The number of hydrogen-bond donors (Lipinski definition) is 2. The third kappa shape index (κ3) is 5.72. The van der Waals surface area contributed by atoms with Gasteiger partial charge in [-0.25, -0.2) is 22.9 Å². The van der Waals surface area contributed by atoms with Crippen molar-refractivity contribution in [3.8, 4) is 5.75 Å². The monoisotopic (exact) mass is 518 g/mol. The van der Waals surface area contributed by atoms with Crippen LogP contribution in [0.3, 0.4) is 0 Å². The lowest BCUT2D eigenvalue weighted by atomic mass is 9.89. The Balaban J connectivity index is 1.61. The highest BCUT2D eigenvalue weighted by molar-refractivity contribution is 7.89. The van der Waals surface area contributed by atoms with Crippen LogP contribution in [-0.4, -0.2) is 44.4 Å². The number of amides is 1. The number of nitrogens with two attached hydrogens (primary N) is 1. The van der Waals surface area contributed by atoms with E-state index in [4.69, 9.17) is 21.5 Å². The zero-order valence-corrected chi connectivity index (χ0v) is 20.4. The van der Waals surface area contributed by atoms with Crippen molar-refractivity contribution in [2.24, 2.45) is 5.14 Å². The Bertz CT molecular complexity index is 1340. The molecule has 0 unspecified atom stereocenters. The van der Waals surface area contributed by atoms with Crippen molar-refractivity contribution in [1.82, 2.24) is 9.88 Å². The minimum atomic E-state index is -4.11. The molecule has 3 N–H and O–H groups in total. The molecule has 3 aromatic rings. The SMILES string of the molecule is COc1ccc(Cl)cc1Nc1cc(S(N)(=O)=O)ncc1C(=O)N1CCC(c2ccc(F)cc2)CC1. The van der Waals surface area contributed by atoms with E-state index in [0.29, 0.717) is 42.4 Å². The van der Waals surface area contributed by atoms with Gasteiger partial charge in [-0.05, 0) is 54.7 Å². The van der Waals surface area contributed by atoms with Gasteiger partial charge in [-0.2, -0.15) is 0 Å². The van der Waals surface area contributed by atoms with Crippen LogP contribution < -0.4 is 15.2 Å². The summed E-state index contributed by atoms with van der Waals surface area (Å²) in [6.45, 7) is 0.968. The number of primary sulfonamides is 1. The molecule has 0 aliphatic carbocycles. The molecule has 1 aliphatic heterocycles. The first-order chi connectivity index (χ1) is 16.7. The van der Waals surface area contributed by atoms with Gasteiger partial charge in [0.05, 0.1) is 24.0 Å². The molecule has 0 spiro atoms. The topological polar surface area (TPSA) is 115 Å². The second kappa shape index (κ2) is 10.2. The lowest BCUT2D eigenvalue weighted by Gasteiger charge is -2.32. The van der Waals surface area contributed by atoms with Crippen molar-refractivity contribution >= 4 is 38.9 Å². The smallest absolute Gasteiger partial charge is 0.257 e. The fourth-order valence-electron chi connectivity index (χ4n) is 4.11. The van der Waals surface area contributed by atoms with Crippen LogP contribution in [0.1, 0.15) is 34.7 Å². The number of rotatable bonds is 6. The molecule has 4 rings (SSSR count). The number of likely N-dealkylation sites (tertiary alicyclic amines) is 1. The first kappa shape index (κ1) is 24.9. The Hall–Kier alpha value is -3.21. The van der Waals surface area contributed by atoms with Gasteiger partial charge < -0.3 is 15.0 Å². The molecule has 0 bridgehead atoms. The molecular weight excluding hydrogens is 495 g/mol. The van der Waals surface area contributed by atoms with Crippen LogP contribution in [0.4, 0.5) is 15.8 Å². The van der Waals surface area contributed by atoms with Gasteiger partial charge in [-0.1, -0.05) is 23.7 Å². The van der Waals surface area contributed by atoms with Crippen LogP contribution in [0.15, 0.2) is 59.8 Å².